The molecule has 0 spiro atoms. The molecule has 0 aromatic heterocycles. The number of aryl methyl sites for hydroxylation is 1. The van der Waals surface area contributed by atoms with Crippen LogP contribution >= 0.6 is 11.6 Å². The van der Waals surface area contributed by atoms with Gasteiger partial charge in [-0.2, -0.15) is 0 Å². The molecule has 0 unspecified atom stereocenters. The Bertz CT molecular complexity index is 1420. The van der Waals surface area contributed by atoms with Crippen LogP contribution in [0.5, 0.6) is 0 Å². The van der Waals surface area contributed by atoms with Gasteiger partial charge in [-0.3, -0.25) is 14.5 Å². The number of hydrogen-bond acceptors (Lipinski definition) is 3. The zero-order valence-electron chi connectivity index (χ0n) is 19.4. The van der Waals surface area contributed by atoms with E-state index in [0.29, 0.717) is 23.4 Å². The second-order valence-corrected chi connectivity index (χ2v) is 8.94. The molecule has 5 nitrogen and oxygen atoms in total. The number of nitrogens with zero attached hydrogens (tertiary/aromatic N) is 1. The van der Waals surface area contributed by atoms with E-state index in [1.165, 1.54) is 0 Å². The molecule has 0 saturated carbocycles. The first-order valence-corrected chi connectivity index (χ1v) is 11.7. The van der Waals surface area contributed by atoms with E-state index in [0.717, 1.165) is 33.8 Å². The molecule has 2 N–H and O–H groups in total. The number of hydrogen-bond donors (Lipinski definition) is 2. The lowest BCUT2D eigenvalue weighted by Crippen LogP contribution is -2.26. The van der Waals surface area contributed by atoms with Gasteiger partial charge in [0, 0.05) is 17.8 Å². The molecule has 0 aliphatic carbocycles. The topological polar surface area (TPSA) is 61.4 Å². The number of halogens is 1. The Balaban J connectivity index is 1.48. The zero-order valence-corrected chi connectivity index (χ0v) is 20.2. The average Bonchev–Trinajstić information content (AvgIpc) is 3.02. The number of carbonyl (C=O) groups excluding carboxylic acids is 2. The minimum Gasteiger partial charge on any atom is -0.379 e. The van der Waals surface area contributed by atoms with Crippen molar-refractivity contribution in [2.45, 2.75) is 20.4 Å². The lowest BCUT2D eigenvalue weighted by molar-refractivity contribution is 0.0997. The Labute approximate surface area is 209 Å². The highest BCUT2D eigenvalue weighted by Gasteiger charge is 2.28. The van der Waals surface area contributed by atoms with Crippen LogP contribution in [0, 0.1) is 13.8 Å². The Morgan fingerprint density at radius 3 is 2.40 bits per heavy atom. The summed E-state index contributed by atoms with van der Waals surface area (Å²) in [5, 5.41) is 6.57. The van der Waals surface area contributed by atoms with Crippen LogP contribution in [0.4, 0.5) is 22.7 Å². The number of nitrogens with one attached hydrogen (secondary N) is 2. The largest absolute Gasteiger partial charge is 0.379 e. The molecular formula is C29H24ClN3O2. The monoisotopic (exact) mass is 481 g/mol. The maximum atomic E-state index is 13.9. The first kappa shape index (κ1) is 22.7. The molecular weight excluding hydrogens is 458 g/mol. The molecule has 1 aliphatic rings. The molecule has 174 valence electrons. The van der Waals surface area contributed by atoms with Gasteiger partial charge in [0.25, 0.3) is 11.8 Å². The summed E-state index contributed by atoms with van der Waals surface area (Å²) >= 11 is 6.61. The Morgan fingerprint density at radius 1 is 0.857 bits per heavy atom. The third-order valence-electron chi connectivity index (χ3n) is 6.36. The average molecular weight is 482 g/mol. The fourth-order valence-corrected chi connectivity index (χ4v) is 4.58. The van der Waals surface area contributed by atoms with Crippen LogP contribution in [0.25, 0.3) is 0 Å². The molecule has 0 fully saturated rings. The summed E-state index contributed by atoms with van der Waals surface area (Å²) in [5.41, 5.74) is 6.88. The highest BCUT2D eigenvalue weighted by atomic mass is 35.5. The number of amides is 2. The third kappa shape index (κ3) is 4.27. The van der Waals surface area contributed by atoms with Crippen LogP contribution in [-0.4, -0.2) is 11.8 Å². The van der Waals surface area contributed by atoms with Crippen molar-refractivity contribution in [2.24, 2.45) is 0 Å². The van der Waals surface area contributed by atoms with E-state index in [2.05, 4.69) is 10.6 Å². The van der Waals surface area contributed by atoms with Gasteiger partial charge in [-0.25, -0.2) is 0 Å². The minimum absolute atomic E-state index is 0.220. The summed E-state index contributed by atoms with van der Waals surface area (Å²) in [6.07, 6.45) is 0. The molecule has 1 heterocycles. The van der Waals surface area contributed by atoms with Crippen LogP contribution in [0.1, 0.15) is 37.4 Å². The van der Waals surface area contributed by atoms with E-state index >= 15 is 0 Å². The molecule has 35 heavy (non-hydrogen) atoms. The van der Waals surface area contributed by atoms with Crippen molar-refractivity contribution in [1.29, 1.82) is 0 Å². The van der Waals surface area contributed by atoms with Crippen molar-refractivity contribution in [3.63, 3.8) is 0 Å². The summed E-state index contributed by atoms with van der Waals surface area (Å²) in [5.74, 6) is -0.464. The van der Waals surface area contributed by atoms with E-state index in [1.807, 2.05) is 74.5 Å². The van der Waals surface area contributed by atoms with Crippen molar-refractivity contribution >= 4 is 46.2 Å². The standard InChI is InChI=1S/C29H24ClN3O2/c1-18-8-7-10-22(19(18)2)28(34)32-21-14-15-23(24(30)16-21)29(35)33-26-12-5-3-9-20(26)17-31-25-11-4-6-13-27(25)33/h3-16,31H,17H2,1-2H3,(H,32,34). The number of rotatable bonds is 3. The van der Waals surface area contributed by atoms with Gasteiger partial charge in [0.05, 0.1) is 27.6 Å². The SMILES string of the molecule is Cc1cccc(C(=O)Nc2ccc(C(=O)N3c4ccccc4CNc4ccccc43)c(Cl)c2)c1C. The van der Waals surface area contributed by atoms with Gasteiger partial charge in [-0.05, 0) is 73.0 Å². The first-order chi connectivity index (χ1) is 16.9. The van der Waals surface area contributed by atoms with E-state index in [1.54, 1.807) is 29.2 Å². The van der Waals surface area contributed by atoms with Crippen LogP contribution in [0.3, 0.4) is 0 Å². The molecule has 1 aliphatic heterocycles. The molecule has 0 bridgehead atoms. The van der Waals surface area contributed by atoms with Gasteiger partial charge in [0.1, 0.15) is 0 Å². The lowest BCUT2D eigenvalue weighted by Gasteiger charge is -2.25. The summed E-state index contributed by atoms with van der Waals surface area (Å²) < 4.78 is 0. The van der Waals surface area contributed by atoms with Gasteiger partial charge in [-0.15, -0.1) is 0 Å². The fourth-order valence-electron chi connectivity index (χ4n) is 4.32. The minimum atomic E-state index is -0.244. The summed E-state index contributed by atoms with van der Waals surface area (Å²) in [4.78, 5) is 28.4. The van der Waals surface area contributed by atoms with Gasteiger partial charge >= 0.3 is 0 Å². The van der Waals surface area contributed by atoms with Crippen molar-refractivity contribution in [3.05, 3.63) is 118 Å². The van der Waals surface area contributed by atoms with E-state index in [4.69, 9.17) is 11.6 Å². The third-order valence-corrected chi connectivity index (χ3v) is 6.67. The molecule has 0 saturated heterocycles. The normalized spacial score (nSPS) is 12.1. The van der Waals surface area contributed by atoms with Crippen molar-refractivity contribution in [1.82, 2.24) is 0 Å². The number of para-hydroxylation sites is 3. The lowest BCUT2D eigenvalue weighted by atomic mass is 10.0. The molecule has 2 amide bonds. The number of carbonyl (C=O) groups is 2. The van der Waals surface area contributed by atoms with Crippen LogP contribution in [0.15, 0.2) is 84.9 Å². The molecule has 6 heteroatoms. The Hall–Kier alpha value is -4.09. The van der Waals surface area contributed by atoms with Crippen molar-refractivity contribution in [2.75, 3.05) is 15.5 Å². The maximum Gasteiger partial charge on any atom is 0.264 e. The predicted octanol–water partition coefficient (Wildman–Crippen LogP) is 7.11. The van der Waals surface area contributed by atoms with Crippen molar-refractivity contribution < 1.29 is 9.59 Å². The Kier molecular flexibility index (Phi) is 6.01. The second kappa shape index (κ2) is 9.28. The molecule has 5 rings (SSSR count). The smallest absolute Gasteiger partial charge is 0.264 e. The predicted molar refractivity (Wildman–Crippen MR) is 142 cm³/mol. The number of fused-ring (bicyclic) bond motifs is 2. The highest BCUT2D eigenvalue weighted by Crippen LogP contribution is 2.39. The van der Waals surface area contributed by atoms with Crippen LogP contribution in [0.2, 0.25) is 5.02 Å². The molecule has 4 aromatic carbocycles. The first-order valence-electron chi connectivity index (χ1n) is 11.4. The molecule has 4 aromatic rings. The van der Waals surface area contributed by atoms with E-state index in [9.17, 15) is 9.59 Å². The highest BCUT2D eigenvalue weighted by molar-refractivity contribution is 6.35. The van der Waals surface area contributed by atoms with Crippen LogP contribution in [-0.2, 0) is 6.54 Å². The maximum absolute atomic E-state index is 13.9. The summed E-state index contributed by atoms with van der Waals surface area (Å²) in [7, 11) is 0. The van der Waals surface area contributed by atoms with E-state index in [-0.39, 0.29) is 16.8 Å². The van der Waals surface area contributed by atoms with Gasteiger partial charge < -0.3 is 10.6 Å². The van der Waals surface area contributed by atoms with E-state index < -0.39 is 0 Å². The summed E-state index contributed by atoms with van der Waals surface area (Å²) in [6, 6.07) is 26.1. The number of anilines is 4. The molecule has 0 atom stereocenters. The second-order valence-electron chi connectivity index (χ2n) is 8.54. The zero-order chi connectivity index (χ0) is 24.5. The fraction of sp³-hybridized carbons (Fsp3) is 0.103. The van der Waals surface area contributed by atoms with Crippen molar-refractivity contribution in [3.8, 4) is 0 Å². The van der Waals surface area contributed by atoms with Crippen LogP contribution < -0.4 is 15.5 Å². The molecule has 0 radical (unpaired) electrons. The van der Waals surface area contributed by atoms with Gasteiger partial charge in [0.2, 0.25) is 0 Å². The quantitative estimate of drug-likeness (QED) is 0.327. The van der Waals surface area contributed by atoms with Gasteiger partial charge in [0.15, 0.2) is 0 Å². The number of benzene rings is 4. The summed E-state index contributed by atoms with van der Waals surface area (Å²) in [6.45, 7) is 4.50. The Morgan fingerprint density at radius 2 is 1.60 bits per heavy atom. The van der Waals surface area contributed by atoms with Gasteiger partial charge in [-0.1, -0.05) is 54.1 Å².